The molecule has 0 bridgehead atoms. The summed E-state index contributed by atoms with van der Waals surface area (Å²) in [6, 6.07) is 2.17. The van der Waals surface area contributed by atoms with E-state index in [-0.39, 0.29) is 6.10 Å². The van der Waals surface area contributed by atoms with Crippen LogP contribution < -0.4 is 5.73 Å². The summed E-state index contributed by atoms with van der Waals surface area (Å²) in [5.41, 5.74) is 7.00. The van der Waals surface area contributed by atoms with Gasteiger partial charge in [0.05, 0.1) is 9.89 Å². The van der Waals surface area contributed by atoms with Crippen LogP contribution in [0.4, 0.5) is 0 Å². The Labute approximate surface area is 116 Å². The van der Waals surface area contributed by atoms with Gasteiger partial charge in [-0.1, -0.05) is 0 Å². The Morgan fingerprint density at radius 2 is 2.35 bits per heavy atom. The third kappa shape index (κ3) is 5.97. The van der Waals surface area contributed by atoms with E-state index in [2.05, 4.69) is 39.3 Å². The number of nitrogens with zero attached hydrogens (tertiary/aromatic N) is 1. The predicted molar refractivity (Wildman–Crippen MR) is 77.4 cm³/mol. The lowest BCUT2D eigenvalue weighted by Gasteiger charge is -2.20. The van der Waals surface area contributed by atoms with Crippen molar-refractivity contribution in [3.8, 4) is 0 Å². The van der Waals surface area contributed by atoms with Crippen LogP contribution in [0, 0.1) is 0 Å². The maximum atomic E-state index is 5.65. The van der Waals surface area contributed by atoms with Crippen LogP contribution in [0.25, 0.3) is 0 Å². The van der Waals surface area contributed by atoms with E-state index in [1.807, 2.05) is 6.92 Å². The van der Waals surface area contributed by atoms with Gasteiger partial charge in [-0.25, -0.2) is 0 Å². The molecule has 0 saturated carbocycles. The third-order valence-electron chi connectivity index (χ3n) is 2.57. The molecule has 0 amide bonds. The largest absolute Gasteiger partial charge is 0.377 e. The van der Waals surface area contributed by atoms with E-state index in [9.17, 15) is 0 Å². The second kappa shape index (κ2) is 8.21. The smallest absolute Gasteiger partial charge is 0.0709 e. The summed E-state index contributed by atoms with van der Waals surface area (Å²) in [5.74, 6) is 0. The molecule has 0 aliphatic rings. The zero-order valence-corrected chi connectivity index (χ0v) is 12.9. The highest BCUT2D eigenvalue weighted by Crippen LogP contribution is 2.21. The maximum Gasteiger partial charge on any atom is 0.0709 e. The molecular formula is C12H21BrN2OS. The Kier molecular flexibility index (Phi) is 7.30. The summed E-state index contributed by atoms with van der Waals surface area (Å²) < 4.78 is 6.73. The monoisotopic (exact) mass is 320 g/mol. The van der Waals surface area contributed by atoms with Crippen LogP contribution >= 0.6 is 27.3 Å². The minimum absolute atomic E-state index is 0.191. The first-order valence-corrected chi connectivity index (χ1v) is 7.56. The van der Waals surface area contributed by atoms with Crippen molar-refractivity contribution in [2.45, 2.75) is 26.0 Å². The summed E-state index contributed by atoms with van der Waals surface area (Å²) in [4.78, 5) is 2.30. The van der Waals surface area contributed by atoms with Gasteiger partial charge in [0, 0.05) is 26.2 Å². The summed E-state index contributed by atoms with van der Waals surface area (Å²) in [7, 11) is 2.13. The quantitative estimate of drug-likeness (QED) is 0.800. The molecule has 1 aromatic rings. The number of nitrogens with two attached hydrogens (primary N) is 1. The fourth-order valence-corrected chi connectivity index (χ4v) is 2.89. The third-order valence-corrected chi connectivity index (χ3v) is 4.13. The molecule has 0 aliphatic heterocycles. The van der Waals surface area contributed by atoms with Gasteiger partial charge in [0.25, 0.3) is 0 Å². The fraction of sp³-hybridized carbons (Fsp3) is 0.667. The van der Waals surface area contributed by atoms with E-state index in [1.54, 1.807) is 11.3 Å². The normalized spacial score (nSPS) is 13.2. The molecule has 0 spiro atoms. The topological polar surface area (TPSA) is 38.5 Å². The van der Waals surface area contributed by atoms with Crippen LogP contribution in [0.15, 0.2) is 15.2 Å². The van der Waals surface area contributed by atoms with Crippen LogP contribution in [-0.2, 0) is 11.3 Å². The Morgan fingerprint density at radius 1 is 1.59 bits per heavy atom. The van der Waals surface area contributed by atoms with Crippen molar-refractivity contribution >= 4 is 27.3 Å². The highest BCUT2D eigenvalue weighted by atomic mass is 79.9. The standard InChI is InChI=1S/C12H21BrN2OS/c1-3-16-11(7-14)4-5-15(2)8-10-6-12(13)17-9-10/h6,9,11H,3-5,7-8,14H2,1-2H3. The van der Waals surface area contributed by atoms with Gasteiger partial charge in [0.2, 0.25) is 0 Å². The number of hydrogen-bond donors (Lipinski definition) is 1. The summed E-state index contributed by atoms with van der Waals surface area (Å²) in [6.07, 6.45) is 1.18. The maximum absolute atomic E-state index is 5.65. The molecule has 98 valence electrons. The molecule has 0 aromatic carbocycles. The molecule has 0 saturated heterocycles. The molecule has 1 aromatic heterocycles. The van der Waals surface area contributed by atoms with Gasteiger partial charge < -0.3 is 15.4 Å². The molecule has 1 atom stereocenters. The second-order valence-corrected chi connectivity index (χ2v) is 6.39. The first kappa shape index (κ1) is 15.1. The van der Waals surface area contributed by atoms with Crippen molar-refractivity contribution in [3.63, 3.8) is 0 Å². The van der Waals surface area contributed by atoms with Crippen LogP contribution in [0.5, 0.6) is 0 Å². The number of rotatable bonds is 8. The molecule has 17 heavy (non-hydrogen) atoms. The average molecular weight is 321 g/mol. The van der Waals surface area contributed by atoms with Crippen molar-refractivity contribution in [3.05, 3.63) is 20.8 Å². The van der Waals surface area contributed by atoms with Gasteiger partial charge in [-0.3, -0.25) is 0 Å². The summed E-state index contributed by atoms with van der Waals surface area (Å²) in [6.45, 7) is 5.34. The van der Waals surface area contributed by atoms with Gasteiger partial charge >= 0.3 is 0 Å². The van der Waals surface area contributed by atoms with Gasteiger partial charge in [-0.15, -0.1) is 11.3 Å². The van der Waals surface area contributed by atoms with Crippen LogP contribution in [-0.4, -0.2) is 37.7 Å². The zero-order chi connectivity index (χ0) is 12.7. The lowest BCUT2D eigenvalue weighted by atomic mass is 10.2. The highest BCUT2D eigenvalue weighted by molar-refractivity contribution is 9.11. The lowest BCUT2D eigenvalue weighted by molar-refractivity contribution is 0.0559. The number of halogens is 1. The highest BCUT2D eigenvalue weighted by Gasteiger charge is 2.08. The van der Waals surface area contributed by atoms with Crippen molar-refractivity contribution in [2.24, 2.45) is 5.73 Å². The molecular weight excluding hydrogens is 300 g/mol. The minimum Gasteiger partial charge on any atom is -0.377 e. The zero-order valence-electron chi connectivity index (χ0n) is 10.5. The average Bonchev–Trinajstić information content (AvgIpc) is 2.70. The lowest BCUT2D eigenvalue weighted by Crippen LogP contribution is -2.29. The van der Waals surface area contributed by atoms with Gasteiger partial charge in [0.1, 0.15) is 0 Å². The molecule has 5 heteroatoms. The van der Waals surface area contributed by atoms with E-state index < -0.39 is 0 Å². The van der Waals surface area contributed by atoms with Crippen LogP contribution in [0.2, 0.25) is 0 Å². The number of thiophene rings is 1. The second-order valence-electron chi connectivity index (χ2n) is 4.10. The summed E-state index contributed by atoms with van der Waals surface area (Å²) >= 11 is 5.21. The minimum atomic E-state index is 0.191. The molecule has 1 rings (SSSR count). The first-order valence-electron chi connectivity index (χ1n) is 5.88. The molecule has 0 radical (unpaired) electrons. The Hall–Kier alpha value is 0.0600. The van der Waals surface area contributed by atoms with Crippen molar-refractivity contribution in [2.75, 3.05) is 26.7 Å². The first-order chi connectivity index (χ1) is 8.15. The number of hydrogen-bond acceptors (Lipinski definition) is 4. The molecule has 2 N–H and O–H groups in total. The predicted octanol–water partition coefficient (Wildman–Crippen LogP) is 2.70. The van der Waals surface area contributed by atoms with Crippen molar-refractivity contribution in [1.82, 2.24) is 4.90 Å². The van der Waals surface area contributed by atoms with E-state index in [0.29, 0.717) is 6.54 Å². The van der Waals surface area contributed by atoms with E-state index in [0.717, 1.165) is 26.1 Å². The van der Waals surface area contributed by atoms with E-state index in [1.165, 1.54) is 9.35 Å². The van der Waals surface area contributed by atoms with Gasteiger partial charge in [-0.05, 0) is 53.3 Å². The SMILES string of the molecule is CCOC(CN)CCN(C)Cc1csc(Br)c1. The van der Waals surface area contributed by atoms with Crippen molar-refractivity contribution in [1.29, 1.82) is 0 Å². The number of ether oxygens (including phenoxy) is 1. The Balaban J connectivity index is 2.26. The van der Waals surface area contributed by atoms with Crippen molar-refractivity contribution < 1.29 is 4.74 Å². The molecule has 1 heterocycles. The Bertz CT molecular complexity index is 319. The van der Waals surface area contributed by atoms with Crippen LogP contribution in [0.1, 0.15) is 18.9 Å². The molecule has 0 aliphatic carbocycles. The fourth-order valence-electron chi connectivity index (χ4n) is 1.69. The molecule has 0 fully saturated rings. The van der Waals surface area contributed by atoms with Gasteiger partial charge in [0.15, 0.2) is 0 Å². The Morgan fingerprint density at radius 3 is 2.88 bits per heavy atom. The molecule has 1 unspecified atom stereocenters. The summed E-state index contributed by atoms with van der Waals surface area (Å²) in [5, 5.41) is 2.18. The van der Waals surface area contributed by atoms with Crippen LogP contribution in [0.3, 0.4) is 0 Å². The molecule has 3 nitrogen and oxygen atoms in total. The van der Waals surface area contributed by atoms with E-state index in [4.69, 9.17) is 10.5 Å². The van der Waals surface area contributed by atoms with E-state index >= 15 is 0 Å². The van der Waals surface area contributed by atoms with Gasteiger partial charge in [-0.2, -0.15) is 0 Å².